The highest BCUT2D eigenvalue weighted by Crippen LogP contribution is 2.26. The van der Waals surface area contributed by atoms with Crippen molar-refractivity contribution in [1.82, 2.24) is 0 Å². The van der Waals surface area contributed by atoms with Gasteiger partial charge in [-0.3, -0.25) is 4.79 Å². The highest BCUT2D eigenvalue weighted by Gasteiger charge is 2.17. The van der Waals surface area contributed by atoms with E-state index in [1.807, 2.05) is 56.3 Å². The molecule has 3 heteroatoms. The van der Waals surface area contributed by atoms with Crippen molar-refractivity contribution in [2.24, 2.45) is 0 Å². The maximum absolute atomic E-state index is 12.8. The molecule has 0 saturated carbocycles. The van der Waals surface area contributed by atoms with Crippen LogP contribution in [0.15, 0.2) is 64.9 Å². The molecule has 0 amide bonds. The summed E-state index contributed by atoms with van der Waals surface area (Å²) >= 11 is 0. The summed E-state index contributed by atoms with van der Waals surface area (Å²) < 4.78 is 12.8. The van der Waals surface area contributed by atoms with Crippen LogP contribution < -0.4 is 0 Å². The number of benzene rings is 2. The van der Waals surface area contributed by atoms with Crippen molar-refractivity contribution in [2.45, 2.75) is 36.5 Å². The van der Waals surface area contributed by atoms with Crippen molar-refractivity contribution in [2.75, 3.05) is 0 Å². The van der Waals surface area contributed by atoms with E-state index in [1.165, 1.54) is 0 Å². The second kappa shape index (κ2) is 7.32. The number of carbonyl (C=O) groups excluding carboxylic acids is 1. The Balaban J connectivity index is 2.40. The van der Waals surface area contributed by atoms with E-state index >= 15 is 0 Å². The predicted octanol–water partition coefficient (Wildman–Crippen LogP) is 4.54. The molecule has 22 heavy (non-hydrogen) atoms. The number of aryl methyl sites for hydroxylation is 1. The fourth-order valence-corrected chi connectivity index (χ4v) is 3.42. The monoisotopic (exact) mass is 312 g/mol. The predicted molar refractivity (Wildman–Crippen MR) is 91.2 cm³/mol. The number of carbonyl (C=O) groups is 1. The third-order valence-electron chi connectivity index (χ3n) is 3.46. The molecule has 2 aromatic carbocycles. The van der Waals surface area contributed by atoms with Gasteiger partial charge in [0, 0.05) is 22.5 Å². The van der Waals surface area contributed by atoms with Gasteiger partial charge in [-0.15, -0.1) is 0 Å². The molecule has 0 aromatic heterocycles. The van der Waals surface area contributed by atoms with Gasteiger partial charge in [-0.25, -0.2) is 4.21 Å². The van der Waals surface area contributed by atoms with Crippen molar-refractivity contribution in [3.63, 3.8) is 0 Å². The largest absolute Gasteiger partial charge is 0.294 e. The van der Waals surface area contributed by atoms with Crippen LogP contribution in [-0.4, -0.2) is 9.99 Å². The van der Waals surface area contributed by atoms with E-state index in [9.17, 15) is 9.00 Å². The van der Waals surface area contributed by atoms with Crippen molar-refractivity contribution in [3.05, 3.63) is 66.2 Å². The maximum atomic E-state index is 12.8. The minimum Gasteiger partial charge on any atom is -0.294 e. The Morgan fingerprint density at radius 3 is 2.36 bits per heavy atom. The highest BCUT2D eigenvalue weighted by atomic mass is 32.2. The van der Waals surface area contributed by atoms with Crippen molar-refractivity contribution < 1.29 is 9.00 Å². The lowest BCUT2D eigenvalue weighted by molar-refractivity contribution is -0.113. The maximum Gasteiger partial charge on any atom is 0.162 e. The van der Waals surface area contributed by atoms with E-state index in [0.29, 0.717) is 22.5 Å². The quantitative estimate of drug-likeness (QED) is 0.734. The van der Waals surface area contributed by atoms with Crippen LogP contribution in [0, 0.1) is 6.92 Å². The number of allylic oxidation sites excluding steroid dienone is 1. The molecule has 0 saturated heterocycles. The molecule has 2 nitrogen and oxygen atoms in total. The fourth-order valence-electron chi connectivity index (χ4n) is 2.19. The lowest BCUT2D eigenvalue weighted by Gasteiger charge is -2.11. The minimum atomic E-state index is -1.32. The standard InChI is InChI=1S/C19H20O2S/c1-4-7-18(20)15(3)17-8-5-6-9-19(17)22(21)16-12-10-14(2)11-13-16/h5-6,8-13H,3-4,7H2,1-2H3. The second-order valence-corrected chi connectivity index (χ2v) is 6.68. The van der Waals surface area contributed by atoms with E-state index in [1.54, 1.807) is 6.07 Å². The van der Waals surface area contributed by atoms with Gasteiger partial charge in [-0.2, -0.15) is 0 Å². The van der Waals surface area contributed by atoms with Gasteiger partial charge in [-0.05, 0) is 31.5 Å². The van der Waals surface area contributed by atoms with E-state index in [0.717, 1.165) is 16.9 Å². The smallest absolute Gasteiger partial charge is 0.162 e. The van der Waals surface area contributed by atoms with Crippen molar-refractivity contribution in [1.29, 1.82) is 0 Å². The summed E-state index contributed by atoms with van der Waals surface area (Å²) in [6.07, 6.45) is 1.24. The van der Waals surface area contributed by atoms with Gasteiger partial charge in [0.25, 0.3) is 0 Å². The zero-order valence-electron chi connectivity index (χ0n) is 13.0. The Labute approximate surface area is 134 Å². The average Bonchev–Trinajstić information content (AvgIpc) is 2.54. The van der Waals surface area contributed by atoms with Gasteiger partial charge in [0.1, 0.15) is 0 Å². The summed E-state index contributed by atoms with van der Waals surface area (Å²) in [5.41, 5.74) is 2.24. The summed E-state index contributed by atoms with van der Waals surface area (Å²) in [5, 5.41) is 0. The van der Waals surface area contributed by atoms with Crippen LogP contribution in [0.3, 0.4) is 0 Å². The van der Waals surface area contributed by atoms with Crippen molar-refractivity contribution in [3.8, 4) is 0 Å². The van der Waals surface area contributed by atoms with Gasteiger partial charge in [0.15, 0.2) is 5.78 Å². The van der Waals surface area contributed by atoms with E-state index < -0.39 is 10.8 Å². The van der Waals surface area contributed by atoms with E-state index in [-0.39, 0.29) is 5.78 Å². The summed E-state index contributed by atoms with van der Waals surface area (Å²) in [6.45, 7) is 7.86. The first-order valence-corrected chi connectivity index (χ1v) is 8.49. The summed E-state index contributed by atoms with van der Waals surface area (Å²) in [4.78, 5) is 13.5. The molecule has 0 fully saturated rings. The van der Waals surface area contributed by atoms with Crippen LogP contribution in [0.5, 0.6) is 0 Å². The molecule has 114 valence electrons. The van der Waals surface area contributed by atoms with Gasteiger partial charge in [-0.1, -0.05) is 49.4 Å². The van der Waals surface area contributed by atoms with E-state index in [4.69, 9.17) is 0 Å². The summed E-state index contributed by atoms with van der Waals surface area (Å²) in [6, 6.07) is 14.9. The topological polar surface area (TPSA) is 34.1 Å². The van der Waals surface area contributed by atoms with Crippen LogP contribution in [0.4, 0.5) is 0 Å². The SMILES string of the molecule is C=C(C(=O)CCC)c1ccccc1S(=O)c1ccc(C)cc1. The van der Waals surface area contributed by atoms with Crippen LogP contribution in [0.2, 0.25) is 0 Å². The molecule has 1 unspecified atom stereocenters. The van der Waals surface area contributed by atoms with Crippen LogP contribution in [0.25, 0.3) is 5.57 Å². The lowest BCUT2D eigenvalue weighted by Crippen LogP contribution is -2.04. The molecular weight excluding hydrogens is 292 g/mol. The molecule has 2 rings (SSSR count). The molecular formula is C19H20O2S. The fraction of sp³-hybridized carbons (Fsp3) is 0.211. The molecule has 0 radical (unpaired) electrons. The summed E-state index contributed by atoms with van der Waals surface area (Å²) in [7, 11) is -1.32. The minimum absolute atomic E-state index is 0.0101. The zero-order chi connectivity index (χ0) is 16.1. The summed E-state index contributed by atoms with van der Waals surface area (Å²) in [5.74, 6) is 0.0101. The Morgan fingerprint density at radius 2 is 1.73 bits per heavy atom. The second-order valence-electron chi connectivity index (χ2n) is 5.23. The molecule has 0 spiro atoms. The molecule has 2 aromatic rings. The van der Waals surface area contributed by atoms with Crippen molar-refractivity contribution >= 4 is 22.2 Å². The van der Waals surface area contributed by atoms with Gasteiger partial charge in [0.2, 0.25) is 0 Å². The molecule has 0 N–H and O–H groups in total. The Kier molecular flexibility index (Phi) is 5.45. The van der Waals surface area contributed by atoms with Gasteiger partial charge in [0.05, 0.1) is 15.7 Å². The zero-order valence-corrected chi connectivity index (χ0v) is 13.8. The molecule has 0 aliphatic heterocycles. The van der Waals surface area contributed by atoms with Gasteiger partial charge >= 0.3 is 0 Å². The van der Waals surface area contributed by atoms with Gasteiger partial charge < -0.3 is 0 Å². The normalized spacial score (nSPS) is 11.9. The molecule has 0 aliphatic rings. The number of ketones is 1. The van der Waals surface area contributed by atoms with Crippen LogP contribution in [0.1, 0.15) is 30.9 Å². The Bertz CT molecular complexity index is 714. The highest BCUT2D eigenvalue weighted by molar-refractivity contribution is 7.85. The van der Waals surface area contributed by atoms with E-state index in [2.05, 4.69) is 6.58 Å². The number of Topliss-reactive ketones (excluding diaryl/α,β-unsaturated/α-hetero) is 1. The molecule has 0 bridgehead atoms. The first-order chi connectivity index (χ1) is 10.5. The molecule has 0 aliphatic carbocycles. The average molecular weight is 312 g/mol. The first kappa shape index (κ1) is 16.4. The Morgan fingerprint density at radius 1 is 1.09 bits per heavy atom. The lowest BCUT2D eigenvalue weighted by atomic mass is 10.0. The molecule has 0 heterocycles. The Hall–Kier alpha value is -2.00. The first-order valence-electron chi connectivity index (χ1n) is 7.34. The third kappa shape index (κ3) is 3.60. The molecule has 1 atom stereocenters. The van der Waals surface area contributed by atoms with Crippen LogP contribution in [-0.2, 0) is 15.6 Å². The number of hydrogen-bond donors (Lipinski definition) is 0. The van der Waals surface area contributed by atoms with Crippen LogP contribution >= 0.6 is 0 Å². The third-order valence-corrected chi connectivity index (χ3v) is 4.92. The number of rotatable bonds is 6. The number of hydrogen-bond acceptors (Lipinski definition) is 2.